The molecule has 0 aliphatic carbocycles. The monoisotopic (exact) mass is 312 g/mol. The Balaban J connectivity index is 1.95. The zero-order chi connectivity index (χ0) is 15.3. The first-order chi connectivity index (χ1) is 10.6. The third-order valence-corrected chi connectivity index (χ3v) is 4.13. The Kier molecular flexibility index (Phi) is 2.90. The number of ether oxygens (including phenoxy) is 1. The summed E-state index contributed by atoms with van der Waals surface area (Å²) in [6.45, 7) is 2.44. The number of halogens is 1. The average Bonchev–Trinajstić information content (AvgIpc) is 2.85. The normalized spacial score (nSPS) is 12.5. The molecule has 0 unspecified atom stereocenters. The van der Waals surface area contributed by atoms with Crippen molar-refractivity contribution >= 4 is 12.2 Å². The summed E-state index contributed by atoms with van der Waals surface area (Å²) in [6.07, 6.45) is 0. The number of hydrogen-bond donors (Lipinski definition) is 1. The molecular formula is C17H13FN2OS. The van der Waals surface area contributed by atoms with Crippen molar-refractivity contribution in [3.05, 3.63) is 64.2 Å². The highest BCUT2D eigenvalue weighted by Gasteiger charge is 2.23. The third-order valence-electron chi connectivity index (χ3n) is 3.84. The van der Waals surface area contributed by atoms with E-state index < -0.39 is 0 Å². The molecule has 0 bridgehead atoms. The van der Waals surface area contributed by atoms with Crippen LogP contribution in [0.15, 0.2) is 42.5 Å². The van der Waals surface area contributed by atoms with E-state index in [-0.39, 0.29) is 5.82 Å². The Morgan fingerprint density at radius 3 is 2.73 bits per heavy atom. The highest BCUT2D eigenvalue weighted by atomic mass is 32.1. The van der Waals surface area contributed by atoms with Crippen molar-refractivity contribution in [3.8, 4) is 22.8 Å². The third kappa shape index (κ3) is 1.97. The predicted octanol–water partition coefficient (Wildman–Crippen LogP) is 4.54. The molecule has 2 aromatic carbocycles. The maximum absolute atomic E-state index is 13.6. The lowest BCUT2D eigenvalue weighted by Gasteiger charge is -2.20. The van der Waals surface area contributed by atoms with E-state index in [0.717, 1.165) is 22.5 Å². The van der Waals surface area contributed by atoms with E-state index in [1.807, 2.05) is 31.2 Å². The van der Waals surface area contributed by atoms with Gasteiger partial charge in [0, 0.05) is 11.1 Å². The zero-order valence-corrected chi connectivity index (χ0v) is 12.7. The number of H-pyrrole nitrogens is 1. The molecule has 2 heterocycles. The van der Waals surface area contributed by atoms with Gasteiger partial charge in [0.2, 0.25) is 5.88 Å². The molecule has 0 amide bonds. The van der Waals surface area contributed by atoms with Crippen LogP contribution >= 0.6 is 12.2 Å². The van der Waals surface area contributed by atoms with Gasteiger partial charge in [-0.2, -0.15) is 0 Å². The van der Waals surface area contributed by atoms with Crippen molar-refractivity contribution in [2.75, 3.05) is 0 Å². The number of fused-ring (bicyclic) bond motifs is 3. The number of aromatic nitrogens is 2. The first kappa shape index (κ1) is 13.3. The van der Waals surface area contributed by atoms with Crippen LogP contribution in [-0.2, 0) is 6.61 Å². The molecule has 110 valence electrons. The second-order valence-electron chi connectivity index (χ2n) is 5.37. The van der Waals surface area contributed by atoms with Gasteiger partial charge < -0.3 is 9.72 Å². The summed E-state index contributed by atoms with van der Waals surface area (Å²) >= 11 is 5.41. The number of nitrogens with one attached hydrogen (secondary N) is 1. The minimum absolute atomic E-state index is 0.286. The molecular weight excluding hydrogens is 299 g/mol. The largest absolute Gasteiger partial charge is 0.472 e. The number of nitrogens with zero attached hydrogens (tertiary/aromatic N) is 1. The van der Waals surface area contributed by atoms with E-state index in [0.29, 0.717) is 17.3 Å². The van der Waals surface area contributed by atoms with Gasteiger partial charge in [0.05, 0.1) is 5.69 Å². The van der Waals surface area contributed by atoms with Crippen molar-refractivity contribution in [1.82, 2.24) is 9.55 Å². The lowest BCUT2D eigenvalue weighted by Crippen LogP contribution is -2.12. The van der Waals surface area contributed by atoms with Gasteiger partial charge in [0.15, 0.2) is 4.77 Å². The Bertz CT molecular complexity index is 925. The molecule has 1 N–H and O–H groups in total. The molecule has 0 fully saturated rings. The first-order valence-electron chi connectivity index (χ1n) is 6.97. The van der Waals surface area contributed by atoms with Gasteiger partial charge in [0.25, 0.3) is 0 Å². The molecule has 3 nitrogen and oxygen atoms in total. The van der Waals surface area contributed by atoms with Crippen LogP contribution in [0.2, 0.25) is 0 Å². The summed E-state index contributed by atoms with van der Waals surface area (Å²) in [5.41, 5.74) is 4.65. The van der Waals surface area contributed by atoms with Crippen molar-refractivity contribution in [1.29, 1.82) is 0 Å². The molecule has 0 saturated heterocycles. The summed E-state index contributed by atoms with van der Waals surface area (Å²) in [6, 6.07) is 12.8. The lowest BCUT2D eigenvalue weighted by molar-refractivity contribution is 0.276. The van der Waals surface area contributed by atoms with E-state index in [2.05, 4.69) is 4.98 Å². The highest BCUT2D eigenvalue weighted by molar-refractivity contribution is 7.71. The van der Waals surface area contributed by atoms with Gasteiger partial charge >= 0.3 is 0 Å². The van der Waals surface area contributed by atoms with Crippen LogP contribution in [0.1, 0.15) is 11.1 Å². The van der Waals surface area contributed by atoms with Crippen LogP contribution < -0.4 is 4.74 Å². The van der Waals surface area contributed by atoms with E-state index in [1.165, 1.54) is 17.7 Å². The van der Waals surface area contributed by atoms with Crippen LogP contribution in [0.25, 0.3) is 16.9 Å². The van der Waals surface area contributed by atoms with E-state index >= 15 is 0 Å². The maximum atomic E-state index is 13.6. The van der Waals surface area contributed by atoms with Crippen LogP contribution in [0.5, 0.6) is 5.88 Å². The van der Waals surface area contributed by atoms with Crippen molar-refractivity contribution in [2.45, 2.75) is 13.5 Å². The summed E-state index contributed by atoms with van der Waals surface area (Å²) in [5.74, 6) is 0.346. The minimum Gasteiger partial charge on any atom is -0.472 e. The summed E-state index contributed by atoms with van der Waals surface area (Å²) < 4.78 is 21.7. The van der Waals surface area contributed by atoms with Crippen LogP contribution in [-0.4, -0.2) is 9.55 Å². The summed E-state index contributed by atoms with van der Waals surface area (Å²) in [7, 11) is 0. The van der Waals surface area contributed by atoms with Crippen molar-refractivity contribution < 1.29 is 9.13 Å². The summed E-state index contributed by atoms with van der Waals surface area (Å²) in [5, 5.41) is 0. The lowest BCUT2D eigenvalue weighted by atomic mass is 10.1. The quantitative estimate of drug-likeness (QED) is 0.669. The second-order valence-corrected chi connectivity index (χ2v) is 5.76. The Hall–Kier alpha value is -2.40. The van der Waals surface area contributed by atoms with Crippen LogP contribution in [0, 0.1) is 17.5 Å². The van der Waals surface area contributed by atoms with Gasteiger partial charge in [0.1, 0.15) is 18.1 Å². The predicted molar refractivity (Wildman–Crippen MR) is 85.4 cm³/mol. The molecule has 1 aromatic heterocycles. The van der Waals surface area contributed by atoms with Crippen LogP contribution in [0.3, 0.4) is 0 Å². The molecule has 1 aliphatic rings. The van der Waals surface area contributed by atoms with Crippen LogP contribution in [0.4, 0.5) is 4.39 Å². The number of aryl methyl sites for hydroxylation is 1. The van der Waals surface area contributed by atoms with Crippen molar-refractivity contribution in [2.24, 2.45) is 0 Å². The maximum Gasteiger partial charge on any atom is 0.225 e. The molecule has 0 saturated carbocycles. The number of benzene rings is 2. The molecule has 4 rings (SSSR count). The van der Waals surface area contributed by atoms with Gasteiger partial charge in [-0.25, -0.2) is 4.39 Å². The fourth-order valence-corrected chi connectivity index (χ4v) is 2.99. The van der Waals surface area contributed by atoms with Crippen molar-refractivity contribution in [3.63, 3.8) is 0 Å². The fraction of sp³-hybridized carbons (Fsp3) is 0.118. The number of imidazole rings is 1. The Morgan fingerprint density at radius 1 is 1.18 bits per heavy atom. The fourth-order valence-electron chi connectivity index (χ4n) is 2.71. The Morgan fingerprint density at radius 2 is 1.95 bits per heavy atom. The first-order valence-corrected chi connectivity index (χ1v) is 7.38. The van der Waals surface area contributed by atoms with E-state index in [1.54, 1.807) is 10.6 Å². The van der Waals surface area contributed by atoms with Gasteiger partial charge in [-0.05, 0) is 31.3 Å². The number of rotatable bonds is 1. The van der Waals surface area contributed by atoms with E-state index in [9.17, 15) is 4.39 Å². The highest BCUT2D eigenvalue weighted by Crippen LogP contribution is 2.37. The SMILES string of the molecule is Cc1ccc(-c2[nH]c(=S)n3c2OCc2ccc(F)cc2-3)cc1. The topological polar surface area (TPSA) is 29.9 Å². The van der Waals surface area contributed by atoms with Gasteiger partial charge in [-0.3, -0.25) is 4.57 Å². The molecule has 0 radical (unpaired) electrons. The van der Waals surface area contributed by atoms with E-state index in [4.69, 9.17) is 17.0 Å². The Labute approximate surface area is 132 Å². The molecule has 1 aliphatic heterocycles. The average molecular weight is 312 g/mol. The number of aromatic amines is 1. The molecule has 5 heteroatoms. The smallest absolute Gasteiger partial charge is 0.225 e. The molecule has 0 spiro atoms. The van der Waals surface area contributed by atoms with Gasteiger partial charge in [-0.15, -0.1) is 0 Å². The zero-order valence-electron chi connectivity index (χ0n) is 11.9. The standard InChI is InChI=1S/C17H13FN2OS/c1-10-2-4-11(5-3-10)15-16-20(17(22)19-15)14-8-13(18)7-6-12(14)9-21-16/h2-8H,9H2,1H3,(H,19,22). The second kappa shape index (κ2) is 4.81. The summed E-state index contributed by atoms with van der Waals surface area (Å²) in [4.78, 5) is 3.18. The molecule has 22 heavy (non-hydrogen) atoms. The number of hydrogen-bond acceptors (Lipinski definition) is 2. The molecule has 3 aromatic rings. The molecule has 0 atom stereocenters. The van der Waals surface area contributed by atoms with Gasteiger partial charge in [-0.1, -0.05) is 35.9 Å². The minimum atomic E-state index is -0.286.